The van der Waals surface area contributed by atoms with Crippen LogP contribution in [-0.2, 0) is 11.2 Å². The quantitative estimate of drug-likeness (QED) is 0.555. The van der Waals surface area contributed by atoms with Crippen molar-refractivity contribution in [1.29, 1.82) is 0 Å². The van der Waals surface area contributed by atoms with Crippen LogP contribution >= 0.6 is 22.9 Å². The summed E-state index contributed by atoms with van der Waals surface area (Å²) in [5.41, 5.74) is 1.80. The van der Waals surface area contributed by atoms with Gasteiger partial charge in [0.25, 0.3) is 0 Å². The summed E-state index contributed by atoms with van der Waals surface area (Å²) in [6.07, 6.45) is 1.27. The summed E-state index contributed by atoms with van der Waals surface area (Å²) < 4.78 is 11.7. The number of nitrogens with zero attached hydrogens (tertiary/aromatic N) is 1. The number of rotatable bonds is 4. The number of oxazole rings is 1. The number of carboxylic acids is 1. The van der Waals surface area contributed by atoms with E-state index in [9.17, 15) is 9.90 Å². The van der Waals surface area contributed by atoms with Crippen LogP contribution in [0.15, 0.2) is 51.5 Å². The number of carbonyl (C=O) groups excluding carboxylic acids is 1. The predicted octanol–water partition coefficient (Wildman–Crippen LogP) is 3.76. The molecule has 0 spiro atoms. The van der Waals surface area contributed by atoms with Crippen molar-refractivity contribution >= 4 is 39.9 Å². The lowest BCUT2D eigenvalue weighted by molar-refractivity contribution is -0.304. The first kappa shape index (κ1) is 15.0. The van der Waals surface area contributed by atoms with E-state index >= 15 is 0 Å². The Morgan fingerprint density at radius 3 is 2.88 bits per heavy atom. The number of thiophene rings is 1. The first-order valence-corrected chi connectivity index (χ1v) is 8.22. The Labute approximate surface area is 145 Å². The van der Waals surface area contributed by atoms with Crippen molar-refractivity contribution in [2.75, 3.05) is 0 Å². The molecule has 0 radical (unpaired) electrons. The minimum atomic E-state index is -1.22. The molecule has 120 valence electrons. The van der Waals surface area contributed by atoms with Gasteiger partial charge in [0.05, 0.1) is 21.2 Å². The average Bonchev–Trinajstić information content (AvgIpc) is 3.24. The van der Waals surface area contributed by atoms with Crippen LogP contribution in [0.25, 0.3) is 33.1 Å². The average molecular weight is 359 g/mol. The number of halogens is 1. The van der Waals surface area contributed by atoms with Gasteiger partial charge in [0.1, 0.15) is 5.58 Å². The molecule has 0 aliphatic rings. The SMILES string of the molecule is O=C([O-])Cc1nc(-c2ccc3occc3c2)oc1-c1ccc(Cl)s1. The highest BCUT2D eigenvalue weighted by atomic mass is 35.5. The van der Waals surface area contributed by atoms with Crippen molar-refractivity contribution in [3.63, 3.8) is 0 Å². The molecule has 4 rings (SSSR count). The number of furan rings is 1. The van der Waals surface area contributed by atoms with E-state index in [-0.39, 0.29) is 6.42 Å². The monoisotopic (exact) mass is 358 g/mol. The lowest BCUT2D eigenvalue weighted by Crippen LogP contribution is -2.24. The predicted molar refractivity (Wildman–Crippen MR) is 88.7 cm³/mol. The summed E-state index contributed by atoms with van der Waals surface area (Å²) in [5.74, 6) is -0.476. The fourth-order valence-electron chi connectivity index (χ4n) is 2.46. The highest BCUT2D eigenvalue weighted by molar-refractivity contribution is 7.19. The van der Waals surface area contributed by atoms with E-state index in [1.807, 2.05) is 24.3 Å². The Morgan fingerprint density at radius 2 is 2.12 bits per heavy atom. The summed E-state index contributed by atoms with van der Waals surface area (Å²) in [7, 11) is 0. The molecule has 0 N–H and O–H groups in total. The van der Waals surface area contributed by atoms with Crippen LogP contribution in [0.4, 0.5) is 0 Å². The third-order valence-corrected chi connectivity index (χ3v) is 4.74. The summed E-state index contributed by atoms with van der Waals surface area (Å²) >= 11 is 7.26. The second-order valence-corrected chi connectivity index (χ2v) is 6.84. The molecule has 0 aliphatic heterocycles. The van der Waals surface area contributed by atoms with Gasteiger partial charge in [0.2, 0.25) is 5.89 Å². The van der Waals surface area contributed by atoms with Gasteiger partial charge >= 0.3 is 0 Å². The molecule has 5 nitrogen and oxygen atoms in total. The summed E-state index contributed by atoms with van der Waals surface area (Å²) in [6.45, 7) is 0. The van der Waals surface area contributed by atoms with Crippen LogP contribution < -0.4 is 5.11 Å². The lowest BCUT2D eigenvalue weighted by Gasteiger charge is -1.99. The van der Waals surface area contributed by atoms with Gasteiger partial charge in [-0.15, -0.1) is 11.3 Å². The molecule has 3 heterocycles. The van der Waals surface area contributed by atoms with Crippen molar-refractivity contribution in [2.24, 2.45) is 0 Å². The van der Waals surface area contributed by atoms with Crippen LogP contribution in [0.2, 0.25) is 4.34 Å². The van der Waals surface area contributed by atoms with Crippen LogP contribution in [0.5, 0.6) is 0 Å². The molecule has 0 bridgehead atoms. The molecule has 0 saturated heterocycles. The maximum atomic E-state index is 11.0. The lowest BCUT2D eigenvalue weighted by atomic mass is 10.1. The first-order valence-electron chi connectivity index (χ1n) is 7.03. The van der Waals surface area contributed by atoms with Gasteiger partial charge in [-0.05, 0) is 36.4 Å². The van der Waals surface area contributed by atoms with Crippen LogP contribution in [0.1, 0.15) is 5.69 Å². The zero-order chi connectivity index (χ0) is 16.7. The van der Waals surface area contributed by atoms with Gasteiger partial charge in [-0.25, -0.2) is 4.98 Å². The van der Waals surface area contributed by atoms with E-state index in [4.69, 9.17) is 20.4 Å². The zero-order valence-electron chi connectivity index (χ0n) is 12.1. The molecule has 0 atom stereocenters. The minimum Gasteiger partial charge on any atom is -0.550 e. The number of fused-ring (bicyclic) bond motifs is 1. The van der Waals surface area contributed by atoms with Crippen LogP contribution in [0.3, 0.4) is 0 Å². The number of hydrogen-bond acceptors (Lipinski definition) is 6. The molecule has 0 amide bonds. The van der Waals surface area contributed by atoms with Gasteiger partial charge < -0.3 is 18.7 Å². The van der Waals surface area contributed by atoms with Gasteiger partial charge in [0, 0.05) is 23.3 Å². The Hall–Kier alpha value is -2.57. The molecule has 1 aromatic carbocycles. The largest absolute Gasteiger partial charge is 0.550 e. The highest BCUT2D eigenvalue weighted by Crippen LogP contribution is 2.36. The van der Waals surface area contributed by atoms with Crippen molar-refractivity contribution in [2.45, 2.75) is 6.42 Å². The number of benzene rings is 1. The highest BCUT2D eigenvalue weighted by Gasteiger charge is 2.18. The second-order valence-electron chi connectivity index (χ2n) is 5.12. The van der Waals surface area contributed by atoms with Crippen molar-refractivity contribution in [3.05, 3.63) is 52.7 Å². The van der Waals surface area contributed by atoms with Crippen LogP contribution in [-0.4, -0.2) is 11.0 Å². The van der Waals surface area contributed by atoms with Gasteiger partial charge in [-0.2, -0.15) is 0 Å². The second kappa shape index (κ2) is 5.81. The summed E-state index contributed by atoms with van der Waals surface area (Å²) in [6, 6.07) is 10.8. The Kier molecular flexibility index (Phi) is 3.63. The molecule has 0 fully saturated rings. The number of aromatic nitrogens is 1. The fraction of sp³-hybridized carbons (Fsp3) is 0.0588. The summed E-state index contributed by atoms with van der Waals surface area (Å²) in [4.78, 5) is 16.1. The molecule has 0 saturated carbocycles. The third kappa shape index (κ3) is 2.70. The first-order chi connectivity index (χ1) is 11.6. The molecular formula is C17H9ClNO4S-. The van der Waals surface area contributed by atoms with E-state index in [1.165, 1.54) is 11.3 Å². The molecule has 4 aromatic rings. The van der Waals surface area contributed by atoms with Gasteiger partial charge in [0.15, 0.2) is 5.76 Å². The van der Waals surface area contributed by atoms with Crippen molar-refractivity contribution in [3.8, 4) is 22.1 Å². The number of carbonyl (C=O) groups is 1. The Bertz CT molecular complexity index is 1050. The number of carboxylic acid groups (broad SMARTS) is 1. The van der Waals surface area contributed by atoms with E-state index in [0.29, 0.717) is 21.7 Å². The van der Waals surface area contributed by atoms with E-state index in [1.54, 1.807) is 18.4 Å². The normalized spacial score (nSPS) is 11.2. The Balaban J connectivity index is 1.83. The standard InChI is InChI=1S/C17H10ClNO4S/c18-14-4-3-13(24-14)16-11(8-15(20)21)19-17(23-16)10-1-2-12-9(7-10)5-6-22-12/h1-7H,8H2,(H,20,21)/p-1. The molecule has 0 unspecified atom stereocenters. The molecular weight excluding hydrogens is 350 g/mol. The summed E-state index contributed by atoms with van der Waals surface area (Å²) in [5, 5.41) is 11.9. The van der Waals surface area contributed by atoms with E-state index in [2.05, 4.69) is 4.98 Å². The zero-order valence-corrected chi connectivity index (χ0v) is 13.7. The molecule has 24 heavy (non-hydrogen) atoms. The van der Waals surface area contributed by atoms with Gasteiger partial charge in [-0.1, -0.05) is 11.6 Å². The minimum absolute atomic E-state index is 0.316. The van der Waals surface area contributed by atoms with E-state index < -0.39 is 5.97 Å². The van der Waals surface area contributed by atoms with Crippen LogP contribution in [0, 0.1) is 0 Å². The van der Waals surface area contributed by atoms with Crippen molar-refractivity contribution < 1.29 is 18.7 Å². The van der Waals surface area contributed by atoms with E-state index in [0.717, 1.165) is 21.4 Å². The molecule has 0 aliphatic carbocycles. The smallest absolute Gasteiger partial charge is 0.227 e. The maximum Gasteiger partial charge on any atom is 0.227 e. The number of hydrogen-bond donors (Lipinski definition) is 0. The maximum absolute atomic E-state index is 11.0. The molecule has 3 aromatic heterocycles. The topological polar surface area (TPSA) is 79.3 Å². The van der Waals surface area contributed by atoms with Crippen molar-refractivity contribution in [1.82, 2.24) is 4.98 Å². The Morgan fingerprint density at radius 1 is 1.25 bits per heavy atom. The number of aliphatic carboxylic acids is 1. The van der Waals surface area contributed by atoms with Gasteiger partial charge in [-0.3, -0.25) is 0 Å². The third-order valence-electron chi connectivity index (χ3n) is 3.51. The molecule has 7 heteroatoms. The fourth-order valence-corrected chi connectivity index (χ4v) is 3.51.